The summed E-state index contributed by atoms with van der Waals surface area (Å²) in [5.41, 5.74) is 11.5. The first-order valence-corrected chi connectivity index (χ1v) is 15.8. The normalized spacial score (nSPS) is 12.0. The van der Waals surface area contributed by atoms with Crippen molar-refractivity contribution in [3.63, 3.8) is 0 Å². The SMILES string of the molecule is C=Cc1c(/C=C\C)n(-c2cc(-n3c4ccccc4c4ccccc43)cc(-n3c4ccccc4c4ccccc43)c2)c2ccccc12. The summed E-state index contributed by atoms with van der Waals surface area (Å²) in [5, 5.41) is 6.17. The van der Waals surface area contributed by atoms with Gasteiger partial charge in [-0.15, -0.1) is 0 Å². The van der Waals surface area contributed by atoms with Gasteiger partial charge >= 0.3 is 0 Å². The van der Waals surface area contributed by atoms with Gasteiger partial charge in [-0.05, 0) is 61.5 Å². The quantitative estimate of drug-likeness (QED) is 0.190. The van der Waals surface area contributed by atoms with Crippen LogP contribution in [0, 0.1) is 0 Å². The molecular formula is C43H31N3. The molecule has 0 saturated heterocycles. The fourth-order valence-electron chi connectivity index (χ4n) is 7.47. The lowest BCUT2D eigenvalue weighted by Crippen LogP contribution is -2.04. The van der Waals surface area contributed by atoms with Crippen LogP contribution in [0.1, 0.15) is 18.2 Å². The van der Waals surface area contributed by atoms with Crippen LogP contribution < -0.4 is 0 Å². The van der Waals surface area contributed by atoms with Crippen molar-refractivity contribution in [2.24, 2.45) is 0 Å². The van der Waals surface area contributed by atoms with Gasteiger partial charge in [0.1, 0.15) is 0 Å². The number of fused-ring (bicyclic) bond motifs is 7. The zero-order valence-electron chi connectivity index (χ0n) is 25.6. The Morgan fingerprint density at radius 3 is 1.13 bits per heavy atom. The Morgan fingerprint density at radius 1 is 0.435 bits per heavy atom. The highest BCUT2D eigenvalue weighted by atomic mass is 15.0. The largest absolute Gasteiger partial charge is 0.309 e. The summed E-state index contributed by atoms with van der Waals surface area (Å²) in [6.45, 7) is 6.30. The highest BCUT2D eigenvalue weighted by molar-refractivity contribution is 6.10. The predicted molar refractivity (Wildman–Crippen MR) is 197 cm³/mol. The molecule has 0 spiro atoms. The summed E-state index contributed by atoms with van der Waals surface area (Å²) < 4.78 is 7.23. The standard InChI is InChI=1S/C43H31N3/c1-3-15-38-32(4-2)33-16-5-10-21-39(33)44(38)29-26-30(45-40-22-11-6-17-34(40)35-18-7-12-23-41(35)45)28-31(27-29)46-42-24-13-8-19-36(42)37-20-9-14-25-43(37)46/h3-28H,2H2,1H3/b15-3-. The van der Waals surface area contributed by atoms with Gasteiger partial charge in [-0.1, -0.05) is 110 Å². The Bertz CT molecular complexity index is 2430. The molecule has 0 unspecified atom stereocenters. The molecule has 6 aromatic carbocycles. The average molecular weight is 590 g/mol. The molecule has 3 heteroatoms. The van der Waals surface area contributed by atoms with Crippen LogP contribution in [-0.2, 0) is 0 Å². The summed E-state index contributed by atoms with van der Waals surface area (Å²) >= 11 is 0. The van der Waals surface area contributed by atoms with E-state index >= 15 is 0 Å². The van der Waals surface area contributed by atoms with Crippen LogP contribution in [0.5, 0.6) is 0 Å². The van der Waals surface area contributed by atoms with E-state index in [1.807, 2.05) is 6.08 Å². The molecule has 0 fully saturated rings. The molecule has 0 aliphatic rings. The van der Waals surface area contributed by atoms with Gasteiger partial charge in [-0.3, -0.25) is 0 Å². The second kappa shape index (κ2) is 10.3. The molecule has 3 heterocycles. The van der Waals surface area contributed by atoms with Gasteiger partial charge in [0.2, 0.25) is 0 Å². The van der Waals surface area contributed by atoms with Crippen molar-refractivity contribution in [3.05, 3.63) is 163 Å². The lowest BCUT2D eigenvalue weighted by molar-refractivity contribution is 1.07. The third-order valence-corrected chi connectivity index (χ3v) is 9.30. The van der Waals surface area contributed by atoms with Crippen molar-refractivity contribution in [3.8, 4) is 17.1 Å². The lowest BCUT2D eigenvalue weighted by atomic mass is 10.1. The number of para-hydroxylation sites is 5. The highest BCUT2D eigenvalue weighted by Gasteiger charge is 2.20. The Kier molecular flexibility index (Phi) is 5.87. The van der Waals surface area contributed by atoms with Gasteiger partial charge in [0.15, 0.2) is 0 Å². The molecule has 0 bridgehead atoms. The van der Waals surface area contributed by atoms with E-state index in [2.05, 4.69) is 179 Å². The monoisotopic (exact) mass is 589 g/mol. The fraction of sp³-hybridized carbons (Fsp3) is 0.0233. The highest BCUT2D eigenvalue weighted by Crippen LogP contribution is 2.38. The predicted octanol–water partition coefficient (Wildman–Crippen LogP) is 11.5. The molecule has 0 aliphatic heterocycles. The number of rotatable bonds is 5. The van der Waals surface area contributed by atoms with E-state index in [0.717, 1.165) is 33.8 Å². The number of hydrogen-bond donors (Lipinski definition) is 0. The molecule has 9 aromatic rings. The van der Waals surface area contributed by atoms with Crippen LogP contribution in [0.25, 0.3) is 83.7 Å². The first kappa shape index (κ1) is 26.4. The first-order chi connectivity index (χ1) is 22.8. The van der Waals surface area contributed by atoms with Gasteiger partial charge in [0, 0.05) is 32.5 Å². The number of benzene rings is 6. The second-order valence-electron chi connectivity index (χ2n) is 11.8. The summed E-state index contributed by atoms with van der Waals surface area (Å²) in [7, 11) is 0. The molecule has 0 N–H and O–H groups in total. The minimum Gasteiger partial charge on any atom is -0.309 e. The summed E-state index contributed by atoms with van der Waals surface area (Å²) in [5.74, 6) is 0. The summed E-state index contributed by atoms with van der Waals surface area (Å²) in [6.07, 6.45) is 6.30. The van der Waals surface area contributed by atoms with Gasteiger partial charge in [0.25, 0.3) is 0 Å². The van der Waals surface area contributed by atoms with Crippen LogP contribution in [0.15, 0.2) is 152 Å². The van der Waals surface area contributed by atoms with E-state index in [1.54, 1.807) is 0 Å². The van der Waals surface area contributed by atoms with Gasteiger partial charge in [-0.25, -0.2) is 0 Å². The van der Waals surface area contributed by atoms with E-state index in [1.165, 1.54) is 49.0 Å². The molecule has 3 nitrogen and oxygen atoms in total. The third kappa shape index (κ3) is 3.72. The van der Waals surface area contributed by atoms with Crippen molar-refractivity contribution >= 4 is 66.7 Å². The van der Waals surface area contributed by atoms with Crippen molar-refractivity contribution in [1.29, 1.82) is 0 Å². The molecule has 218 valence electrons. The Hall–Kier alpha value is -6.06. The van der Waals surface area contributed by atoms with E-state index < -0.39 is 0 Å². The maximum Gasteiger partial charge on any atom is 0.0541 e. The smallest absolute Gasteiger partial charge is 0.0541 e. The molecule has 3 aromatic heterocycles. The van der Waals surface area contributed by atoms with Crippen molar-refractivity contribution in [1.82, 2.24) is 13.7 Å². The lowest BCUT2D eigenvalue weighted by Gasteiger charge is -2.18. The Balaban J connectivity index is 1.46. The first-order valence-electron chi connectivity index (χ1n) is 15.8. The van der Waals surface area contributed by atoms with E-state index in [-0.39, 0.29) is 0 Å². The fourth-order valence-corrected chi connectivity index (χ4v) is 7.47. The minimum absolute atomic E-state index is 1.09. The van der Waals surface area contributed by atoms with E-state index in [4.69, 9.17) is 0 Å². The molecule has 0 atom stereocenters. The van der Waals surface area contributed by atoms with Crippen LogP contribution in [0.4, 0.5) is 0 Å². The average Bonchev–Trinajstić information content (AvgIpc) is 3.74. The van der Waals surface area contributed by atoms with Gasteiger partial charge in [-0.2, -0.15) is 0 Å². The summed E-state index contributed by atoms with van der Waals surface area (Å²) in [6, 6.07) is 50.5. The van der Waals surface area contributed by atoms with Crippen LogP contribution in [0.2, 0.25) is 0 Å². The second-order valence-corrected chi connectivity index (χ2v) is 11.8. The van der Waals surface area contributed by atoms with Crippen molar-refractivity contribution < 1.29 is 0 Å². The number of hydrogen-bond acceptors (Lipinski definition) is 0. The van der Waals surface area contributed by atoms with Gasteiger partial charge in [0.05, 0.1) is 50.3 Å². The Labute approximate surface area is 267 Å². The van der Waals surface area contributed by atoms with E-state index in [0.29, 0.717) is 0 Å². The maximum atomic E-state index is 4.23. The Morgan fingerprint density at radius 2 is 0.761 bits per heavy atom. The molecule has 0 saturated carbocycles. The molecule has 46 heavy (non-hydrogen) atoms. The van der Waals surface area contributed by atoms with Crippen molar-refractivity contribution in [2.45, 2.75) is 6.92 Å². The molecule has 0 aliphatic carbocycles. The maximum absolute atomic E-state index is 4.23. The third-order valence-electron chi connectivity index (χ3n) is 9.30. The van der Waals surface area contributed by atoms with Gasteiger partial charge < -0.3 is 13.7 Å². The molecular weight excluding hydrogens is 558 g/mol. The number of aromatic nitrogens is 3. The van der Waals surface area contributed by atoms with Crippen LogP contribution in [-0.4, -0.2) is 13.7 Å². The molecule has 0 radical (unpaired) electrons. The van der Waals surface area contributed by atoms with Crippen LogP contribution in [0.3, 0.4) is 0 Å². The zero-order chi connectivity index (χ0) is 30.8. The minimum atomic E-state index is 1.09. The summed E-state index contributed by atoms with van der Waals surface area (Å²) in [4.78, 5) is 0. The molecule has 0 amide bonds. The number of allylic oxidation sites excluding steroid dienone is 1. The van der Waals surface area contributed by atoms with Crippen molar-refractivity contribution in [2.75, 3.05) is 0 Å². The topological polar surface area (TPSA) is 14.8 Å². The number of nitrogens with zero attached hydrogens (tertiary/aromatic N) is 3. The van der Waals surface area contributed by atoms with E-state index in [9.17, 15) is 0 Å². The molecule has 9 rings (SSSR count). The van der Waals surface area contributed by atoms with Crippen LogP contribution >= 0.6 is 0 Å². The zero-order valence-corrected chi connectivity index (χ0v) is 25.6.